The fourth-order valence-corrected chi connectivity index (χ4v) is 9.38. The molecule has 0 saturated carbocycles. The summed E-state index contributed by atoms with van der Waals surface area (Å²) < 4.78 is 10.3. The molecule has 4 heterocycles. The zero-order chi connectivity index (χ0) is 60.3. The molecule has 6 unspecified atom stereocenters. The van der Waals surface area contributed by atoms with Gasteiger partial charge in [0, 0.05) is 91.3 Å². The van der Waals surface area contributed by atoms with E-state index in [9.17, 15) is 24.0 Å². The fraction of sp³-hybridized carbons (Fsp3) is 0.538. The number of carbonyl (C=O) groups is 5. The van der Waals surface area contributed by atoms with Crippen LogP contribution in [0, 0.1) is 36.5 Å². The molecular weight excluding hydrogens is 1140 g/mol. The molecule has 4 amide bonds. The second-order valence-electron chi connectivity index (χ2n) is 24.0. The number of Topliss-reactive ketones (excluding diaryl/α,β-unsaturated/α-hetero) is 1. The Morgan fingerprint density at radius 3 is 1.77 bits per heavy atom. The smallest absolute Gasteiger partial charge is 1.00 e. The van der Waals surface area contributed by atoms with Gasteiger partial charge in [0.1, 0.15) is 11.2 Å². The van der Waals surface area contributed by atoms with E-state index in [-0.39, 0.29) is 62.9 Å². The van der Waals surface area contributed by atoms with Gasteiger partial charge in [-0.25, -0.2) is 14.5 Å². The van der Waals surface area contributed by atoms with Gasteiger partial charge in [0.2, 0.25) is 11.8 Å². The van der Waals surface area contributed by atoms with Crippen molar-refractivity contribution < 1.29 is 64.4 Å². The molecule has 6 atom stereocenters. The van der Waals surface area contributed by atoms with Gasteiger partial charge >= 0.3 is 41.7 Å². The van der Waals surface area contributed by atoms with Crippen LogP contribution in [0.15, 0.2) is 102 Å². The number of halogens is 4. The summed E-state index contributed by atoms with van der Waals surface area (Å²) in [6.07, 6.45) is 8.13. The molecule has 0 aromatic heterocycles. The summed E-state index contributed by atoms with van der Waals surface area (Å²) in [7, 11) is 0. The third kappa shape index (κ3) is 34.1. The van der Waals surface area contributed by atoms with E-state index in [0.29, 0.717) is 60.8 Å². The van der Waals surface area contributed by atoms with Crippen LogP contribution < -0.4 is 45.5 Å². The molecule has 3 fully saturated rings. The van der Waals surface area contributed by atoms with Crippen LogP contribution in [0.3, 0.4) is 0 Å². The first-order chi connectivity index (χ1) is 38.0. The Balaban J connectivity index is 0.00000101. The first kappa shape index (κ1) is 77.1. The van der Waals surface area contributed by atoms with E-state index < -0.39 is 23.4 Å². The van der Waals surface area contributed by atoms with E-state index in [1.165, 1.54) is 46.6 Å². The Morgan fingerprint density at radius 1 is 0.699 bits per heavy atom. The molecule has 83 heavy (non-hydrogen) atoms. The molecule has 4 aromatic carbocycles. The summed E-state index contributed by atoms with van der Waals surface area (Å²) in [4.78, 5) is 63.0. The fourth-order valence-electron chi connectivity index (χ4n) is 8.55. The Morgan fingerprint density at radius 2 is 1.27 bits per heavy atom. The van der Waals surface area contributed by atoms with Crippen LogP contribution in [0.5, 0.6) is 0 Å². The number of rotatable bonds is 8. The van der Waals surface area contributed by atoms with E-state index in [4.69, 9.17) is 55.9 Å². The van der Waals surface area contributed by atoms with Gasteiger partial charge in [0.25, 0.3) is 0 Å². The third-order valence-corrected chi connectivity index (χ3v) is 14.2. The number of hydrogen-bond acceptors (Lipinski definition) is 9. The van der Waals surface area contributed by atoms with Crippen molar-refractivity contribution in [1.29, 1.82) is 0 Å². The second kappa shape index (κ2) is 39.7. The molecule has 451 valence electrons. The summed E-state index contributed by atoms with van der Waals surface area (Å²) in [6.45, 7) is 27.5. The van der Waals surface area contributed by atoms with Crippen molar-refractivity contribution in [1.82, 2.24) is 20.9 Å². The summed E-state index contributed by atoms with van der Waals surface area (Å²) >= 11 is 23.4. The number of benzene rings is 4. The van der Waals surface area contributed by atoms with Crippen LogP contribution in [0.1, 0.15) is 175 Å². The van der Waals surface area contributed by atoms with Crippen molar-refractivity contribution in [2.45, 2.75) is 165 Å². The molecule has 4 aromatic rings. The Bertz CT molecular complexity index is 2620. The van der Waals surface area contributed by atoms with Crippen molar-refractivity contribution in [2.24, 2.45) is 34.6 Å². The average molecular weight is 1230 g/mol. The SMILES string of the molecule is CC(CCC(=O)c1cccc(Cl)c1)CNC(=O)OC(C)(C)C.CC1CCC(=O)N(C(=O)OC(C)(C)C)C1.CC1CCC(=O)NC1.CC1CCC(c2cccc(Cl)c2)=NC1.CC1CCC(c2cccc(Cl)c2)NC1.Cc1cccc(Cl)c1.[B].[H-].[Na+]. The molecule has 0 bridgehead atoms. The summed E-state index contributed by atoms with van der Waals surface area (Å²) in [5.41, 5.74) is 4.50. The van der Waals surface area contributed by atoms with E-state index in [1.807, 2.05) is 96.1 Å². The van der Waals surface area contributed by atoms with Gasteiger partial charge in [0.05, 0.1) is 0 Å². The number of nitrogens with one attached hydrogen (secondary N) is 3. The van der Waals surface area contributed by atoms with E-state index in [2.05, 4.69) is 59.9 Å². The molecule has 3 N–H and O–H groups in total. The summed E-state index contributed by atoms with van der Waals surface area (Å²) in [5.74, 6) is 2.94. The maximum absolute atomic E-state index is 12.1. The number of aliphatic imine (C=N–C) groups is 1. The topological polar surface area (TPSA) is 156 Å². The Kier molecular flexibility index (Phi) is 36.9. The number of ketones is 1. The predicted octanol–water partition coefficient (Wildman–Crippen LogP) is 13.5. The zero-order valence-electron chi connectivity index (χ0n) is 52.6. The monoisotopic (exact) mass is 1230 g/mol. The first-order valence-electron chi connectivity index (χ1n) is 28.6. The number of hydrogen-bond donors (Lipinski definition) is 3. The van der Waals surface area contributed by atoms with E-state index in [0.717, 1.165) is 72.2 Å². The van der Waals surface area contributed by atoms with Crippen LogP contribution in [0.25, 0.3) is 0 Å². The minimum Gasteiger partial charge on any atom is -1.00 e. The minimum absolute atomic E-state index is 0. The maximum atomic E-state index is 12.1. The number of nitrogens with zero attached hydrogens (tertiary/aromatic N) is 2. The van der Waals surface area contributed by atoms with Crippen molar-refractivity contribution in [3.63, 3.8) is 0 Å². The van der Waals surface area contributed by atoms with Crippen LogP contribution in [-0.4, -0.2) is 92.7 Å². The number of ether oxygens (including phenoxy) is 2. The first-order valence-corrected chi connectivity index (χ1v) is 30.1. The predicted molar refractivity (Wildman–Crippen MR) is 341 cm³/mol. The molecule has 3 radical (unpaired) electrons. The number of carbonyl (C=O) groups excluding carboxylic acids is 5. The number of alkyl carbamates (subject to hydrolysis) is 1. The number of amides is 4. The molecule has 3 saturated heterocycles. The molecule has 4 aliphatic heterocycles. The molecule has 4 aliphatic rings. The molecule has 12 nitrogen and oxygen atoms in total. The van der Waals surface area contributed by atoms with Gasteiger partial charge in [-0.2, -0.15) is 0 Å². The third-order valence-electron chi connectivity index (χ3n) is 13.3. The largest absolute Gasteiger partial charge is 1.00 e. The molecule has 18 heteroatoms. The van der Waals surface area contributed by atoms with Gasteiger partial charge in [-0.1, -0.05) is 130 Å². The average Bonchev–Trinajstić information content (AvgIpc) is 3.39. The normalized spacial score (nSPS) is 19.5. The standard InChI is InChI=1S/C17H24ClNO3.C12H16ClN.C12H14ClN.C11H19NO3.C7H7Cl.C6H11NO.B.Na.H/c1-12(11-19-16(21)22-17(2,3)4)8-9-15(20)13-6-5-7-14(18)10-13;2*1-9-5-6-12(14-8-9)10-3-2-4-11(13)7-10;1-8-5-6-9(13)12(7-8)10(14)15-11(2,3)4;1-6-3-2-4-7(8)5-6;1-5-2-3-6(8)7-4-5;;;/h5-7,10,12H,8-9,11H2,1-4H3,(H,19,21);2-4,7,9,12,14H,5-6,8H2,1H3;2-4,7,9H,5-6,8H2,1H3;8H,5-7H2,1-4H3;2-5H,1H3;5H,2-4H2,1H3,(H,7,8);;;/q;;;;;;;+1;-1. The van der Waals surface area contributed by atoms with E-state index >= 15 is 0 Å². The van der Waals surface area contributed by atoms with Crippen molar-refractivity contribution in [3.8, 4) is 0 Å². The maximum Gasteiger partial charge on any atom is 1.00 e. The van der Waals surface area contributed by atoms with Crippen LogP contribution in [0.4, 0.5) is 9.59 Å². The molecule has 0 aliphatic carbocycles. The Labute approximate surface area is 542 Å². The van der Waals surface area contributed by atoms with Crippen molar-refractivity contribution in [3.05, 3.63) is 139 Å². The molecule has 8 rings (SSSR count). The molecular formula is C65H92BCl4N5NaO7. The van der Waals surface area contributed by atoms with Gasteiger partial charge in [-0.05, 0) is 195 Å². The zero-order valence-corrected chi connectivity index (χ0v) is 56.7. The number of piperidine rings is 3. The number of likely N-dealkylation sites (tertiary alicyclic amines) is 1. The van der Waals surface area contributed by atoms with E-state index in [1.54, 1.807) is 45.0 Å². The van der Waals surface area contributed by atoms with Crippen LogP contribution >= 0.6 is 46.4 Å². The quantitative estimate of drug-likeness (QED) is 0.116. The number of imide groups is 1. The van der Waals surface area contributed by atoms with Gasteiger partial charge < -0.3 is 26.9 Å². The second-order valence-corrected chi connectivity index (χ2v) is 25.7. The van der Waals surface area contributed by atoms with Gasteiger partial charge in [-0.3, -0.25) is 19.4 Å². The van der Waals surface area contributed by atoms with Crippen molar-refractivity contribution in [2.75, 3.05) is 32.7 Å². The number of aryl methyl sites for hydroxylation is 1. The summed E-state index contributed by atoms with van der Waals surface area (Å²) in [6, 6.07) is 31.3. The Hall–Kier alpha value is -3.92. The molecule has 0 spiro atoms. The van der Waals surface area contributed by atoms with Crippen LogP contribution in [0.2, 0.25) is 20.1 Å². The van der Waals surface area contributed by atoms with Gasteiger partial charge in [-0.15, -0.1) is 0 Å². The van der Waals surface area contributed by atoms with Crippen molar-refractivity contribution >= 4 is 90.3 Å². The van der Waals surface area contributed by atoms with Crippen LogP contribution in [-0.2, 0) is 19.1 Å². The minimum atomic E-state index is -0.544. The van der Waals surface area contributed by atoms with Gasteiger partial charge in [0.15, 0.2) is 5.78 Å². The summed E-state index contributed by atoms with van der Waals surface area (Å²) in [5, 5.41) is 12.1.